The van der Waals surface area contributed by atoms with E-state index < -0.39 is 226 Å². The maximum atomic E-state index is 13.8. The summed E-state index contributed by atoms with van der Waals surface area (Å²) in [5.74, 6) is 0. The van der Waals surface area contributed by atoms with Gasteiger partial charge in [0.25, 0.3) is 10.1 Å². The molecule has 1 aromatic rings. The number of hydrogen-bond donors (Lipinski definition) is 17. The molecule has 0 amide bonds. The summed E-state index contributed by atoms with van der Waals surface area (Å²) in [6, 6.07) is 5.29. The van der Waals surface area contributed by atoms with E-state index in [0.29, 0.717) is 5.56 Å². The van der Waals surface area contributed by atoms with Crippen LogP contribution in [-0.4, -0.2) is 320 Å². The highest BCUT2D eigenvalue weighted by Crippen LogP contribution is 2.39. The fraction of sp³-hybridized carbons (Fsp3) is 0.867. The van der Waals surface area contributed by atoms with Crippen molar-refractivity contribution in [3.63, 3.8) is 0 Å². The van der Waals surface area contributed by atoms with E-state index in [2.05, 4.69) is 0 Å². The van der Waals surface area contributed by atoms with Crippen LogP contribution in [0.4, 0.5) is 0 Å². The maximum Gasteiger partial charge on any atom is 0.297 e. The molecule has 0 radical (unpaired) electrons. The van der Waals surface area contributed by atoms with Crippen LogP contribution in [-0.2, 0) is 71.1 Å². The van der Waals surface area contributed by atoms with E-state index in [-0.39, 0.29) is 0 Å². The van der Waals surface area contributed by atoms with Gasteiger partial charge in [-0.15, -0.1) is 0 Å². The van der Waals surface area contributed by atoms with Gasteiger partial charge in [0.1, 0.15) is 128 Å². The lowest BCUT2D eigenvalue weighted by atomic mass is 9.95. The van der Waals surface area contributed by atoms with Gasteiger partial charge in [0.15, 0.2) is 43.8 Å². The molecule has 30 atom stereocenters. The van der Waals surface area contributed by atoms with Crippen LogP contribution < -0.4 is 0 Å². The van der Waals surface area contributed by atoms with Crippen LogP contribution in [0.25, 0.3) is 0 Å². The quantitative estimate of drug-likeness (QED) is 0.113. The number of benzene rings is 1. The molecule has 16 aliphatic heterocycles. The first-order valence-corrected chi connectivity index (χ1v) is 26.1. The number of ether oxygens (including phenoxy) is 12. The molecule has 78 heavy (non-hydrogen) atoms. The highest BCUT2D eigenvalue weighted by Gasteiger charge is 2.59. The molecule has 452 valence electrons. The molecule has 0 saturated carbocycles. The van der Waals surface area contributed by atoms with Crippen molar-refractivity contribution < 1.29 is 156 Å². The van der Waals surface area contributed by atoms with Crippen molar-refractivity contribution in [1.29, 1.82) is 0 Å². The zero-order valence-corrected chi connectivity index (χ0v) is 43.4. The third-order valence-electron chi connectivity index (χ3n) is 14.1. The van der Waals surface area contributed by atoms with Crippen molar-refractivity contribution in [2.24, 2.45) is 0 Å². The Morgan fingerprint density at radius 3 is 0.949 bits per heavy atom. The van der Waals surface area contributed by atoms with Gasteiger partial charge in [0, 0.05) is 14.2 Å². The molecular formula is C45H74O32S. The van der Waals surface area contributed by atoms with Gasteiger partial charge in [0.05, 0.1) is 43.5 Å². The molecule has 0 spiro atoms. The monoisotopic (exact) mass is 1160 g/mol. The Hall–Kier alpha value is -2.03. The second-order valence-corrected chi connectivity index (χ2v) is 20.7. The predicted molar refractivity (Wildman–Crippen MR) is 246 cm³/mol. The molecule has 1 aromatic carbocycles. The van der Waals surface area contributed by atoms with Crippen LogP contribution in [0.2, 0.25) is 0 Å². The molecule has 0 aliphatic carbocycles. The second-order valence-electron chi connectivity index (χ2n) is 19.1. The molecule has 17 rings (SSSR count). The fourth-order valence-corrected chi connectivity index (χ4v) is 10.9. The summed E-state index contributed by atoms with van der Waals surface area (Å²) in [6.07, 6.45) is -57.4. The van der Waals surface area contributed by atoms with E-state index in [0.717, 1.165) is 14.2 Å². The number of aryl methyl sites for hydroxylation is 1. The summed E-state index contributed by atoms with van der Waals surface area (Å²) in [7, 11) is -2.87. The second kappa shape index (κ2) is 28.0. The lowest BCUT2D eigenvalue weighted by Crippen LogP contribution is -2.68. The molecule has 16 heterocycles. The van der Waals surface area contributed by atoms with Crippen molar-refractivity contribution >= 4 is 10.1 Å². The number of hydrogen-bond acceptors (Lipinski definition) is 32. The van der Waals surface area contributed by atoms with Gasteiger partial charge in [-0.25, -0.2) is 0 Å². The molecule has 16 fully saturated rings. The fourth-order valence-electron chi connectivity index (χ4n) is 9.87. The van der Waals surface area contributed by atoms with Crippen LogP contribution in [0.3, 0.4) is 0 Å². The zero-order valence-electron chi connectivity index (χ0n) is 42.6. The summed E-state index contributed by atoms with van der Waals surface area (Å²) < 4.78 is 103. The average Bonchev–Trinajstić information content (AvgIpc) is 3.43. The summed E-state index contributed by atoms with van der Waals surface area (Å²) >= 11 is 0. The summed E-state index contributed by atoms with van der Waals surface area (Å²) in [6.45, 7) is 0.302. The third kappa shape index (κ3) is 13.5. The third-order valence-corrected chi connectivity index (χ3v) is 15.4. The molecule has 16 saturated heterocycles. The molecule has 16 aliphatic rings. The molecule has 0 unspecified atom stereocenters. The van der Waals surface area contributed by atoms with E-state index in [9.17, 15) is 85.0 Å². The minimum absolute atomic E-state index is 0.407. The first kappa shape index (κ1) is 65.1. The van der Waals surface area contributed by atoms with E-state index in [1.165, 1.54) is 38.1 Å². The number of aliphatic hydroxyl groups is 17. The van der Waals surface area contributed by atoms with Gasteiger partial charge in [-0.2, -0.15) is 8.42 Å². The van der Waals surface area contributed by atoms with E-state index in [1.54, 1.807) is 6.92 Å². The average molecular weight is 1160 g/mol. The van der Waals surface area contributed by atoms with Gasteiger partial charge in [0.2, 0.25) is 0 Å². The zero-order chi connectivity index (χ0) is 57.8. The first-order chi connectivity index (χ1) is 37.0. The van der Waals surface area contributed by atoms with Crippen molar-refractivity contribution in [3.05, 3.63) is 29.8 Å². The molecule has 33 heteroatoms. The Morgan fingerprint density at radius 2 is 0.628 bits per heavy atom. The van der Waals surface area contributed by atoms with Gasteiger partial charge in [-0.05, 0) is 32.9 Å². The Balaban J connectivity index is 0.00000240. The summed E-state index contributed by atoms with van der Waals surface area (Å²) in [5.41, 5.74) is 0.665. The van der Waals surface area contributed by atoms with Crippen molar-refractivity contribution in [2.75, 3.05) is 40.6 Å². The Kier molecular flexibility index (Phi) is 23.4. The SMILES string of the molecule is CO.CO.Cc1ccc(S(=O)(=O)O[C@@H]2[C@@H]3O[C@@H]4[C@@H](O)[C@H](O)[C@H](O[C@@H]5[C@@H](O)[C@H](O)[C@H](O[C@@H]6[C@@H](O)[C@H](O)[C@H](O[C@@H]7[C@@H](O)[C@H](O)[C@H](O[C@@H]8[C@@H](O)[C@H](O)[C@H](O[C@H]([C@H]2O)[C@H](CO)O3)O[C@H]8C)O[C@H]7CO)O[C@H]6CO)O[C@H]5CO)O[C@H]4C)cc1. The standard InChI is InChI=1S/C43H66O30S.2CH4O/c1-12-4-6-15(7-5-12)74(59,60)73-37-30(58)36-19(11-47)66-43(37)68-32-14(3)62-38(26(54)21(32)49)69-33-16(8-44)64-41(28(56)23(33)51)71-35-18(10-46)65-42(29(57)24(35)52)70-34-17(9-45)63-40(27(55)22(34)50)67-31-13(2)61-39(72-36)25(53)20(31)48;2*1-2/h4-7,13-14,16-58H,8-11H2,1-3H3;2*2H,1H3/t13-,14-,16-,17-,18-,19-,20-,21-,22-,23-,24-,25-,26-,27-,28-,29-,30+,31-,32-,33-,34-,35-,36-,37-,38-,39-,40-,41-,42-,43-;;/m0../s1. The minimum atomic E-state index is -4.87. The predicted octanol–water partition coefficient (Wildman–Crippen LogP) is -10.1. The Labute approximate surface area is 445 Å². The molecule has 32 nitrogen and oxygen atoms in total. The van der Waals surface area contributed by atoms with Crippen molar-refractivity contribution in [1.82, 2.24) is 0 Å². The largest absolute Gasteiger partial charge is 0.400 e. The van der Waals surface area contributed by atoms with Crippen LogP contribution in [0.1, 0.15) is 19.4 Å². The van der Waals surface area contributed by atoms with Crippen molar-refractivity contribution in [2.45, 2.75) is 210 Å². The highest BCUT2D eigenvalue weighted by molar-refractivity contribution is 7.86. The normalized spacial score (nSPS) is 48.4. The van der Waals surface area contributed by atoms with Crippen LogP contribution in [0, 0.1) is 6.92 Å². The number of rotatable bonds is 7. The summed E-state index contributed by atoms with van der Waals surface area (Å²) in [4.78, 5) is -0.407. The van der Waals surface area contributed by atoms with Crippen LogP contribution in [0.15, 0.2) is 29.2 Å². The lowest BCUT2D eigenvalue weighted by molar-refractivity contribution is -0.401. The topological polar surface area (TPSA) is 498 Å². The smallest absolute Gasteiger partial charge is 0.297 e. The molecule has 12 bridgehead atoms. The van der Waals surface area contributed by atoms with Crippen LogP contribution in [0.5, 0.6) is 0 Å². The number of aliphatic hydroxyl groups excluding tert-OH is 17. The molecule has 0 aromatic heterocycles. The van der Waals surface area contributed by atoms with Gasteiger partial charge >= 0.3 is 0 Å². The van der Waals surface area contributed by atoms with Gasteiger partial charge < -0.3 is 144 Å². The van der Waals surface area contributed by atoms with E-state index in [1.807, 2.05) is 0 Å². The Morgan fingerprint density at radius 1 is 0.372 bits per heavy atom. The first-order valence-electron chi connectivity index (χ1n) is 24.7. The highest BCUT2D eigenvalue weighted by atomic mass is 32.2. The maximum absolute atomic E-state index is 13.8. The van der Waals surface area contributed by atoms with Gasteiger partial charge in [-0.3, -0.25) is 4.18 Å². The van der Waals surface area contributed by atoms with E-state index >= 15 is 0 Å². The van der Waals surface area contributed by atoms with Crippen LogP contribution >= 0.6 is 0 Å². The van der Waals surface area contributed by atoms with Gasteiger partial charge in [-0.1, -0.05) is 17.7 Å². The molecule has 17 N–H and O–H groups in total. The van der Waals surface area contributed by atoms with Crippen molar-refractivity contribution in [3.8, 4) is 0 Å². The lowest BCUT2D eigenvalue weighted by Gasteiger charge is -2.50. The Bertz CT molecular complexity index is 2080. The molecular weight excluding hydrogens is 1080 g/mol. The summed E-state index contributed by atoms with van der Waals surface area (Å²) in [5, 5.41) is 181. The van der Waals surface area contributed by atoms with E-state index in [4.69, 9.17) is 71.2 Å². The minimum Gasteiger partial charge on any atom is -0.400 e.